The van der Waals surface area contributed by atoms with Crippen molar-refractivity contribution >= 4 is 44.8 Å². The normalized spacial score (nSPS) is 17.4. The van der Waals surface area contributed by atoms with Crippen molar-refractivity contribution in [3.63, 3.8) is 0 Å². The molecule has 11 heteroatoms. The Labute approximate surface area is 184 Å². The molecule has 3 rings (SSSR count). The molecule has 0 saturated carbocycles. The summed E-state index contributed by atoms with van der Waals surface area (Å²) in [5.74, 6) is -1.62. The van der Waals surface area contributed by atoms with Gasteiger partial charge in [-0.1, -0.05) is 29.8 Å². The van der Waals surface area contributed by atoms with Crippen LogP contribution in [0, 0.1) is 0 Å². The number of hydrogen-bond donors (Lipinski definition) is 2. The highest BCUT2D eigenvalue weighted by Crippen LogP contribution is 2.25. The molecule has 2 amide bonds. The predicted octanol–water partition coefficient (Wildman–Crippen LogP) is 1.61. The van der Waals surface area contributed by atoms with Gasteiger partial charge in [-0.2, -0.15) is 4.31 Å². The van der Waals surface area contributed by atoms with E-state index in [4.69, 9.17) is 16.3 Å². The molecule has 1 atom stereocenters. The largest absolute Gasteiger partial charge is 0.360 e. The average molecular weight is 472 g/mol. The summed E-state index contributed by atoms with van der Waals surface area (Å²) in [5, 5.41) is 7.31. The summed E-state index contributed by atoms with van der Waals surface area (Å²) in [6, 6.07) is 10.4. The summed E-state index contributed by atoms with van der Waals surface area (Å²) < 4.78 is 32.6. The molecule has 0 aliphatic carbocycles. The van der Waals surface area contributed by atoms with E-state index in [0.717, 1.165) is 16.9 Å². The maximum absolute atomic E-state index is 12.8. The molecular weight excluding hydrogens is 450 g/mol. The summed E-state index contributed by atoms with van der Waals surface area (Å²) in [6.45, 7) is 0.832. The Balaban J connectivity index is 1.49. The standard InChI is InChI=1S/C19H22ClN3O5S2/c20-15-6-4-14(5-7-15)8-9-21-18(24)19(25)22-13-16-23(10-2-11-28-16)30(26,27)17-3-1-12-29-17/h1,3-7,12,16H,2,8-11,13H2,(H,21,24)(H,22,25)/t16-/m0/s1. The number of amides is 2. The highest BCUT2D eigenvalue weighted by molar-refractivity contribution is 7.91. The van der Waals surface area contributed by atoms with Crippen LogP contribution in [0.2, 0.25) is 5.02 Å². The van der Waals surface area contributed by atoms with Gasteiger partial charge in [0, 0.05) is 18.1 Å². The van der Waals surface area contributed by atoms with Crippen LogP contribution >= 0.6 is 22.9 Å². The number of hydrogen-bond acceptors (Lipinski definition) is 6. The van der Waals surface area contributed by atoms with E-state index in [9.17, 15) is 18.0 Å². The van der Waals surface area contributed by atoms with E-state index in [1.54, 1.807) is 23.6 Å². The molecule has 1 fully saturated rings. The van der Waals surface area contributed by atoms with Crippen molar-refractivity contribution in [3.05, 3.63) is 52.4 Å². The Morgan fingerprint density at radius 1 is 1.17 bits per heavy atom. The summed E-state index contributed by atoms with van der Waals surface area (Å²) in [4.78, 5) is 24.1. The monoisotopic (exact) mass is 471 g/mol. The van der Waals surface area contributed by atoms with E-state index in [-0.39, 0.29) is 23.8 Å². The average Bonchev–Trinajstić information content (AvgIpc) is 3.29. The van der Waals surface area contributed by atoms with Crippen LogP contribution in [0.4, 0.5) is 0 Å². The number of benzene rings is 1. The second-order valence-corrected chi connectivity index (χ2v) is 10.1. The van der Waals surface area contributed by atoms with Crippen molar-refractivity contribution in [2.75, 3.05) is 26.2 Å². The molecule has 30 heavy (non-hydrogen) atoms. The fraction of sp³-hybridized carbons (Fsp3) is 0.368. The lowest BCUT2D eigenvalue weighted by Crippen LogP contribution is -2.53. The number of carbonyl (C=O) groups excluding carboxylic acids is 2. The molecule has 0 unspecified atom stereocenters. The van der Waals surface area contributed by atoms with Crippen molar-refractivity contribution in [1.82, 2.24) is 14.9 Å². The number of thiophene rings is 1. The molecule has 8 nitrogen and oxygen atoms in total. The lowest BCUT2D eigenvalue weighted by Gasteiger charge is -2.34. The van der Waals surface area contributed by atoms with Crippen LogP contribution in [-0.4, -0.2) is 57.0 Å². The van der Waals surface area contributed by atoms with E-state index in [1.165, 1.54) is 10.4 Å². The minimum absolute atomic E-state index is 0.117. The summed E-state index contributed by atoms with van der Waals surface area (Å²) >= 11 is 6.95. The molecule has 2 aromatic rings. The van der Waals surface area contributed by atoms with Crippen LogP contribution in [0.1, 0.15) is 12.0 Å². The molecule has 2 heterocycles. The minimum Gasteiger partial charge on any atom is -0.360 e. The number of rotatable bonds is 7. The second-order valence-electron chi connectivity index (χ2n) is 6.57. The highest BCUT2D eigenvalue weighted by atomic mass is 35.5. The lowest BCUT2D eigenvalue weighted by atomic mass is 10.1. The molecule has 0 radical (unpaired) electrons. The number of sulfonamides is 1. The van der Waals surface area contributed by atoms with Crippen molar-refractivity contribution in [2.24, 2.45) is 0 Å². The van der Waals surface area contributed by atoms with Gasteiger partial charge >= 0.3 is 11.8 Å². The number of nitrogens with one attached hydrogen (secondary N) is 2. The number of halogens is 1. The molecule has 0 spiro atoms. The predicted molar refractivity (Wildman–Crippen MR) is 114 cm³/mol. The Bertz CT molecular complexity index is 965. The van der Waals surface area contributed by atoms with Crippen molar-refractivity contribution in [2.45, 2.75) is 23.3 Å². The van der Waals surface area contributed by atoms with Gasteiger partial charge in [-0.25, -0.2) is 8.42 Å². The zero-order valence-electron chi connectivity index (χ0n) is 16.0. The van der Waals surface area contributed by atoms with E-state index < -0.39 is 28.1 Å². The topological polar surface area (TPSA) is 105 Å². The Morgan fingerprint density at radius 2 is 1.90 bits per heavy atom. The van der Waals surface area contributed by atoms with Gasteiger partial charge in [0.25, 0.3) is 10.0 Å². The number of ether oxygens (including phenoxy) is 1. The van der Waals surface area contributed by atoms with Crippen LogP contribution in [0.3, 0.4) is 0 Å². The first-order chi connectivity index (χ1) is 14.4. The Hall–Kier alpha value is -1.98. The third-order valence-electron chi connectivity index (χ3n) is 4.47. The van der Waals surface area contributed by atoms with Gasteiger partial charge in [0.05, 0.1) is 13.2 Å². The van der Waals surface area contributed by atoms with E-state index >= 15 is 0 Å². The van der Waals surface area contributed by atoms with Gasteiger partial charge in [0.1, 0.15) is 10.4 Å². The molecule has 0 bridgehead atoms. The molecule has 2 N–H and O–H groups in total. The van der Waals surface area contributed by atoms with Gasteiger partial charge in [0.15, 0.2) is 0 Å². The molecular formula is C19H22ClN3O5S2. The van der Waals surface area contributed by atoms with Crippen LogP contribution in [0.15, 0.2) is 46.0 Å². The number of carbonyl (C=O) groups is 2. The Morgan fingerprint density at radius 3 is 2.60 bits per heavy atom. The van der Waals surface area contributed by atoms with Crippen LogP contribution in [0.5, 0.6) is 0 Å². The molecule has 1 aliphatic heterocycles. The third-order valence-corrected chi connectivity index (χ3v) is 7.98. The zero-order chi connectivity index (χ0) is 21.6. The fourth-order valence-corrected chi connectivity index (χ4v) is 5.75. The zero-order valence-corrected chi connectivity index (χ0v) is 18.4. The van der Waals surface area contributed by atoms with Crippen molar-refractivity contribution in [1.29, 1.82) is 0 Å². The van der Waals surface area contributed by atoms with Crippen molar-refractivity contribution in [3.8, 4) is 0 Å². The van der Waals surface area contributed by atoms with Crippen LogP contribution < -0.4 is 10.6 Å². The van der Waals surface area contributed by atoms with Crippen molar-refractivity contribution < 1.29 is 22.7 Å². The van der Waals surface area contributed by atoms with Gasteiger partial charge < -0.3 is 15.4 Å². The second kappa shape index (κ2) is 10.4. The summed E-state index contributed by atoms with van der Waals surface area (Å²) in [6.07, 6.45) is 0.242. The molecule has 162 valence electrons. The maximum atomic E-state index is 12.8. The van der Waals surface area contributed by atoms with Gasteiger partial charge in [0.2, 0.25) is 0 Å². The smallest absolute Gasteiger partial charge is 0.309 e. The van der Waals surface area contributed by atoms with Crippen LogP contribution in [0.25, 0.3) is 0 Å². The Kier molecular flexibility index (Phi) is 7.84. The van der Waals surface area contributed by atoms with Gasteiger partial charge in [-0.15, -0.1) is 11.3 Å². The molecule has 1 aromatic heterocycles. The first kappa shape index (κ1) is 22.7. The fourth-order valence-electron chi connectivity index (χ4n) is 2.94. The first-order valence-corrected chi connectivity index (χ1v) is 12.0. The van der Waals surface area contributed by atoms with Gasteiger partial charge in [-0.05, 0) is 42.0 Å². The molecule has 1 aliphatic rings. The third kappa shape index (κ3) is 5.79. The lowest BCUT2D eigenvalue weighted by molar-refractivity contribution is -0.140. The van der Waals surface area contributed by atoms with Crippen LogP contribution in [-0.2, 0) is 30.8 Å². The molecule has 1 aromatic carbocycles. The van der Waals surface area contributed by atoms with Gasteiger partial charge in [-0.3, -0.25) is 9.59 Å². The quantitative estimate of drug-likeness (QED) is 0.597. The minimum atomic E-state index is -3.72. The maximum Gasteiger partial charge on any atom is 0.309 e. The summed E-state index contributed by atoms with van der Waals surface area (Å²) in [7, 11) is -3.72. The first-order valence-electron chi connectivity index (χ1n) is 9.35. The highest BCUT2D eigenvalue weighted by Gasteiger charge is 2.35. The number of nitrogens with zero attached hydrogens (tertiary/aromatic N) is 1. The molecule has 1 saturated heterocycles. The van der Waals surface area contributed by atoms with E-state index in [0.29, 0.717) is 24.5 Å². The summed E-state index contributed by atoms with van der Waals surface area (Å²) in [5.41, 5.74) is 0.977. The van der Waals surface area contributed by atoms with E-state index in [2.05, 4.69) is 10.6 Å². The SMILES string of the molecule is O=C(NCCc1ccc(Cl)cc1)C(=O)NC[C@@H]1OCCCN1S(=O)(=O)c1cccs1. The van der Waals surface area contributed by atoms with E-state index in [1.807, 2.05) is 12.1 Å².